The summed E-state index contributed by atoms with van der Waals surface area (Å²) in [4.78, 5) is 11.8. The van der Waals surface area contributed by atoms with E-state index in [1.54, 1.807) is 0 Å². The predicted octanol–water partition coefficient (Wildman–Crippen LogP) is 4.58. The van der Waals surface area contributed by atoms with E-state index in [0.29, 0.717) is 0 Å². The van der Waals surface area contributed by atoms with Gasteiger partial charge in [0.05, 0.1) is 11.2 Å². The number of rotatable bonds is 4. The van der Waals surface area contributed by atoms with Crippen molar-refractivity contribution >= 4 is 16.6 Å². The molecule has 4 nitrogen and oxygen atoms in total. The van der Waals surface area contributed by atoms with Crippen molar-refractivity contribution in [3.8, 4) is 11.1 Å². The van der Waals surface area contributed by atoms with Gasteiger partial charge in [0.15, 0.2) is 0 Å². The second-order valence-corrected chi connectivity index (χ2v) is 7.60. The van der Waals surface area contributed by atoms with Crippen molar-refractivity contribution in [2.45, 2.75) is 32.2 Å². The molecule has 1 saturated heterocycles. The zero-order valence-corrected chi connectivity index (χ0v) is 15.7. The van der Waals surface area contributed by atoms with Gasteiger partial charge >= 0.3 is 0 Å². The lowest BCUT2D eigenvalue weighted by molar-refractivity contribution is 0.271. The number of fused-ring (bicyclic) bond motifs is 2. The van der Waals surface area contributed by atoms with Crippen LogP contribution < -0.4 is 0 Å². The average molecular weight is 356 g/mol. The van der Waals surface area contributed by atoms with Gasteiger partial charge < -0.3 is 9.30 Å². The molecule has 0 bridgehead atoms. The zero-order valence-electron chi connectivity index (χ0n) is 15.7. The fourth-order valence-electron chi connectivity index (χ4n) is 4.17. The quantitative estimate of drug-likeness (QED) is 0.537. The Bertz CT molecular complexity index is 1100. The van der Waals surface area contributed by atoms with Crippen LogP contribution in [0.5, 0.6) is 0 Å². The SMILES string of the molecule is C[C@@H]1CCCN1CCc1cn2cc(-c3ccc4ncccc4c3)ccc2n1. The molecule has 1 aromatic carbocycles. The molecular weight excluding hydrogens is 332 g/mol. The van der Waals surface area contributed by atoms with E-state index < -0.39 is 0 Å². The van der Waals surface area contributed by atoms with Crippen LogP contribution in [0.1, 0.15) is 25.5 Å². The highest BCUT2D eigenvalue weighted by Crippen LogP contribution is 2.24. The van der Waals surface area contributed by atoms with Crippen LogP contribution in [0.15, 0.2) is 61.1 Å². The molecule has 0 amide bonds. The summed E-state index contributed by atoms with van der Waals surface area (Å²) < 4.78 is 2.16. The topological polar surface area (TPSA) is 33.4 Å². The molecule has 1 fully saturated rings. The number of hydrogen-bond donors (Lipinski definition) is 0. The van der Waals surface area contributed by atoms with E-state index in [4.69, 9.17) is 4.98 Å². The summed E-state index contributed by atoms with van der Waals surface area (Å²) in [6.45, 7) is 4.67. The molecule has 1 aliphatic heterocycles. The van der Waals surface area contributed by atoms with Gasteiger partial charge in [0.2, 0.25) is 0 Å². The molecule has 4 heteroatoms. The maximum absolute atomic E-state index is 4.81. The summed E-state index contributed by atoms with van der Waals surface area (Å²) >= 11 is 0. The maximum Gasteiger partial charge on any atom is 0.137 e. The summed E-state index contributed by atoms with van der Waals surface area (Å²) in [6, 6.07) is 15.5. The van der Waals surface area contributed by atoms with Crippen LogP contribution in [0.4, 0.5) is 0 Å². The van der Waals surface area contributed by atoms with Crippen LogP contribution in [0, 0.1) is 0 Å². The van der Waals surface area contributed by atoms with Gasteiger partial charge in [-0.2, -0.15) is 0 Å². The van der Waals surface area contributed by atoms with Gasteiger partial charge in [0.25, 0.3) is 0 Å². The summed E-state index contributed by atoms with van der Waals surface area (Å²) in [6.07, 6.45) is 9.88. The Labute approximate surface area is 159 Å². The van der Waals surface area contributed by atoms with Gasteiger partial charge in [-0.1, -0.05) is 12.1 Å². The van der Waals surface area contributed by atoms with E-state index >= 15 is 0 Å². The Morgan fingerprint density at radius 3 is 2.89 bits per heavy atom. The van der Waals surface area contributed by atoms with E-state index in [1.807, 2.05) is 12.3 Å². The van der Waals surface area contributed by atoms with Gasteiger partial charge in [-0.25, -0.2) is 4.98 Å². The van der Waals surface area contributed by atoms with Crippen molar-refractivity contribution in [1.29, 1.82) is 0 Å². The summed E-state index contributed by atoms with van der Waals surface area (Å²) in [5.74, 6) is 0. The molecule has 0 aliphatic carbocycles. The van der Waals surface area contributed by atoms with Crippen LogP contribution in [-0.2, 0) is 6.42 Å². The molecule has 0 radical (unpaired) electrons. The first kappa shape index (κ1) is 16.5. The molecule has 5 rings (SSSR count). The lowest BCUT2D eigenvalue weighted by atomic mass is 10.1. The van der Waals surface area contributed by atoms with Gasteiger partial charge in [-0.15, -0.1) is 0 Å². The molecule has 1 aliphatic rings. The van der Waals surface area contributed by atoms with Crippen molar-refractivity contribution < 1.29 is 0 Å². The van der Waals surface area contributed by atoms with Crippen LogP contribution in [0.25, 0.3) is 27.7 Å². The normalized spacial score (nSPS) is 17.9. The lowest BCUT2D eigenvalue weighted by Gasteiger charge is -2.19. The van der Waals surface area contributed by atoms with Crippen molar-refractivity contribution in [2.75, 3.05) is 13.1 Å². The van der Waals surface area contributed by atoms with E-state index in [0.717, 1.165) is 30.2 Å². The summed E-state index contributed by atoms with van der Waals surface area (Å²) in [7, 11) is 0. The fourth-order valence-corrected chi connectivity index (χ4v) is 4.17. The van der Waals surface area contributed by atoms with E-state index in [1.165, 1.54) is 41.6 Å². The Morgan fingerprint density at radius 2 is 2.00 bits per heavy atom. The largest absolute Gasteiger partial charge is 0.306 e. The second-order valence-electron chi connectivity index (χ2n) is 7.60. The number of likely N-dealkylation sites (tertiary alicyclic amines) is 1. The molecule has 1 atom stereocenters. The van der Waals surface area contributed by atoms with Crippen molar-refractivity contribution in [1.82, 2.24) is 19.3 Å². The number of imidazole rings is 1. The lowest BCUT2D eigenvalue weighted by Crippen LogP contribution is -2.29. The third-order valence-corrected chi connectivity index (χ3v) is 5.78. The van der Waals surface area contributed by atoms with Crippen molar-refractivity contribution in [3.63, 3.8) is 0 Å². The smallest absolute Gasteiger partial charge is 0.137 e. The molecule has 4 aromatic rings. The number of aromatic nitrogens is 3. The Morgan fingerprint density at radius 1 is 1.07 bits per heavy atom. The first-order valence-corrected chi connectivity index (χ1v) is 9.83. The molecule has 0 saturated carbocycles. The average Bonchev–Trinajstić information content (AvgIpc) is 3.30. The molecule has 3 aromatic heterocycles. The highest BCUT2D eigenvalue weighted by atomic mass is 15.2. The van der Waals surface area contributed by atoms with Gasteiger partial charge in [0.1, 0.15) is 5.65 Å². The monoisotopic (exact) mass is 356 g/mol. The molecule has 0 spiro atoms. The highest BCUT2D eigenvalue weighted by Gasteiger charge is 2.19. The first-order chi connectivity index (χ1) is 13.3. The van der Waals surface area contributed by atoms with Crippen LogP contribution in [0.3, 0.4) is 0 Å². The zero-order chi connectivity index (χ0) is 18.2. The Hall–Kier alpha value is -2.72. The van der Waals surface area contributed by atoms with Gasteiger partial charge in [-0.05, 0) is 67.8 Å². The molecular formula is C23H24N4. The molecule has 0 N–H and O–H groups in total. The number of hydrogen-bond acceptors (Lipinski definition) is 3. The maximum atomic E-state index is 4.81. The Kier molecular flexibility index (Phi) is 4.13. The minimum Gasteiger partial charge on any atom is -0.306 e. The van der Waals surface area contributed by atoms with Crippen molar-refractivity contribution in [2.24, 2.45) is 0 Å². The highest BCUT2D eigenvalue weighted by molar-refractivity contribution is 5.84. The number of pyridine rings is 2. The van der Waals surface area contributed by atoms with Crippen LogP contribution >= 0.6 is 0 Å². The van der Waals surface area contributed by atoms with Crippen molar-refractivity contribution in [3.05, 3.63) is 66.7 Å². The fraction of sp³-hybridized carbons (Fsp3) is 0.304. The second kappa shape index (κ2) is 6.78. The summed E-state index contributed by atoms with van der Waals surface area (Å²) in [5.41, 5.74) is 5.63. The third-order valence-electron chi connectivity index (χ3n) is 5.78. The van der Waals surface area contributed by atoms with E-state index in [9.17, 15) is 0 Å². The van der Waals surface area contributed by atoms with E-state index in [-0.39, 0.29) is 0 Å². The molecule has 27 heavy (non-hydrogen) atoms. The van der Waals surface area contributed by atoms with E-state index in [2.05, 4.69) is 70.0 Å². The Balaban J connectivity index is 1.41. The number of benzene rings is 1. The molecule has 0 unspecified atom stereocenters. The molecule has 4 heterocycles. The summed E-state index contributed by atoms with van der Waals surface area (Å²) in [5, 5.41) is 1.17. The predicted molar refractivity (Wildman–Crippen MR) is 110 cm³/mol. The molecule has 136 valence electrons. The minimum absolute atomic E-state index is 0.719. The third kappa shape index (κ3) is 3.21. The minimum atomic E-state index is 0.719. The first-order valence-electron chi connectivity index (χ1n) is 9.83. The van der Waals surface area contributed by atoms with Gasteiger partial charge in [0, 0.05) is 43.0 Å². The number of nitrogens with zero attached hydrogens (tertiary/aromatic N) is 4. The van der Waals surface area contributed by atoms with Crippen LogP contribution in [0.2, 0.25) is 0 Å². The van der Waals surface area contributed by atoms with Gasteiger partial charge in [-0.3, -0.25) is 4.98 Å². The standard InChI is InChI=1S/C23H24N4/c1-17-4-3-12-26(17)13-10-21-16-27-15-20(7-9-23(27)25-21)18-6-8-22-19(14-18)5-2-11-24-22/h2,5-9,11,14-17H,3-4,10,12-13H2,1H3/t17-/m1/s1. The van der Waals surface area contributed by atoms with Crippen LogP contribution in [-0.4, -0.2) is 38.4 Å².